The molecule has 0 heterocycles. The van der Waals surface area contributed by atoms with E-state index in [2.05, 4.69) is 26.4 Å². The number of nitrogens with one attached hydrogen (secondary N) is 3. The molecule has 2 aromatic rings. The molecular formula is C20H29IN4O3S. The minimum atomic E-state index is -3.49. The normalized spacial score (nSPS) is 11.5. The van der Waals surface area contributed by atoms with Gasteiger partial charge in [0.25, 0.3) is 0 Å². The van der Waals surface area contributed by atoms with Crippen LogP contribution in [0.25, 0.3) is 0 Å². The van der Waals surface area contributed by atoms with Crippen LogP contribution in [0.3, 0.4) is 0 Å². The number of halogens is 1. The lowest BCUT2D eigenvalue weighted by atomic mass is 10.1. The van der Waals surface area contributed by atoms with E-state index in [4.69, 9.17) is 4.74 Å². The number of aryl methyl sites for hydroxylation is 1. The summed E-state index contributed by atoms with van der Waals surface area (Å²) in [5.74, 6) is 1.48. The highest BCUT2D eigenvalue weighted by molar-refractivity contribution is 14.0. The minimum Gasteiger partial charge on any atom is -0.496 e. The molecule has 9 heteroatoms. The van der Waals surface area contributed by atoms with Gasteiger partial charge in [-0.2, -0.15) is 0 Å². The molecule has 0 aromatic heterocycles. The first-order valence-corrected chi connectivity index (χ1v) is 10.6. The Bertz CT molecular complexity index is 890. The van der Waals surface area contributed by atoms with Crippen molar-refractivity contribution in [2.24, 2.45) is 4.99 Å². The van der Waals surface area contributed by atoms with Gasteiger partial charge in [-0.15, -0.1) is 24.0 Å². The summed E-state index contributed by atoms with van der Waals surface area (Å²) in [6, 6.07) is 14.4. The Morgan fingerprint density at radius 1 is 1.03 bits per heavy atom. The predicted molar refractivity (Wildman–Crippen MR) is 128 cm³/mol. The van der Waals surface area contributed by atoms with E-state index >= 15 is 0 Å². The quantitative estimate of drug-likeness (QED) is 0.200. The summed E-state index contributed by atoms with van der Waals surface area (Å²) < 4.78 is 32.3. The summed E-state index contributed by atoms with van der Waals surface area (Å²) >= 11 is 0. The van der Waals surface area contributed by atoms with Crippen molar-refractivity contribution in [1.29, 1.82) is 0 Å². The van der Waals surface area contributed by atoms with Gasteiger partial charge in [-0.25, -0.2) is 13.1 Å². The Hall–Kier alpha value is -1.85. The highest BCUT2D eigenvalue weighted by Gasteiger charge is 2.12. The maximum Gasteiger partial charge on any atom is 0.240 e. The fraction of sp³-hybridized carbons (Fsp3) is 0.350. The molecule has 0 aliphatic heterocycles. The van der Waals surface area contributed by atoms with Crippen LogP contribution in [0.4, 0.5) is 0 Å². The molecule has 0 saturated heterocycles. The largest absolute Gasteiger partial charge is 0.496 e. The van der Waals surface area contributed by atoms with Crippen molar-refractivity contribution >= 4 is 40.0 Å². The lowest BCUT2D eigenvalue weighted by Crippen LogP contribution is -2.42. The summed E-state index contributed by atoms with van der Waals surface area (Å²) in [5, 5.41) is 6.32. The zero-order chi connectivity index (χ0) is 20.4. The van der Waals surface area contributed by atoms with Crippen LogP contribution in [-0.2, 0) is 16.4 Å². The number of ether oxygens (including phenoxy) is 1. The zero-order valence-corrected chi connectivity index (χ0v) is 20.1. The van der Waals surface area contributed by atoms with Crippen molar-refractivity contribution in [3.63, 3.8) is 0 Å². The predicted octanol–water partition coefficient (Wildman–Crippen LogP) is 2.31. The molecule has 0 amide bonds. The molecule has 7 nitrogen and oxygen atoms in total. The molecule has 3 N–H and O–H groups in total. The summed E-state index contributed by atoms with van der Waals surface area (Å²) in [6.45, 7) is 3.39. The van der Waals surface area contributed by atoms with Crippen molar-refractivity contribution in [3.05, 3.63) is 59.7 Å². The number of hydrogen-bond donors (Lipinski definition) is 3. The third-order valence-corrected chi connectivity index (χ3v) is 5.59. The molecule has 0 spiro atoms. The molecule has 0 saturated carbocycles. The van der Waals surface area contributed by atoms with Gasteiger partial charge in [0.15, 0.2) is 5.96 Å². The van der Waals surface area contributed by atoms with E-state index in [0.29, 0.717) is 19.0 Å². The van der Waals surface area contributed by atoms with E-state index in [-0.39, 0.29) is 35.4 Å². The van der Waals surface area contributed by atoms with E-state index in [0.717, 1.165) is 17.7 Å². The SMILES string of the molecule is CN=C(NCCNS(=O)(=O)c1ccccc1)NCCc1cc(C)ccc1OC.I. The third kappa shape index (κ3) is 8.19. The number of aliphatic imine (C=N–C) groups is 1. The first-order chi connectivity index (χ1) is 13.5. The van der Waals surface area contributed by atoms with Crippen LogP contribution in [0, 0.1) is 6.92 Å². The van der Waals surface area contributed by atoms with Crippen molar-refractivity contribution in [3.8, 4) is 5.75 Å². The number of sulfonamides is 1. The van der Waals surface area contributed by atoms with Crippen LogP contribution >= 0.6 is 24.0 Å². The molecule has 0 bridgehead atoms. The molecule has 160 valence electrons. The Morgan fingerprint density at radius 2 is 1.72 bits per heavy atom. The fourth-order valence-electron chi connectivity index (χ4n) is 2.69. The van der Waals surface area contributed by atoms with Gasteiger partial charge in [0, 0.05) is 26.7 Å². The van der Waals surface area contributed by atoms with Crippen molar-refractivity contribution in [2.75, 3.05) is 33.8 Å². The number of rotatable bonds is 9. The Balaban J connectivity index is 0.00000420. The smallest absolute Gasteiger partial charge is 0.240 e. The van der Waals surface area contributed by atoms with E-state index in [1.165, 1.54) is 5.56 Å². The van der Waals surface area contributed by atoms with Crippen LogP contribution in [0.5, 0.6) is 5.75 Å². The maximum absolute atomic E-state index is 12.2. The van der Waals surface area contributed by atoms with Gasteiger partial charge < -0.3 is 15.4 Å². The van der Waals surface area contributed by atoms with Crippen molar-refractivity contribution in [1.82, 2.24) is 15.4 Å². The second kappa shape index (κ2) is 12.7. The number of guanidine groups is 1. The van der Waals surface area contributed by atoms with Crippen LogP contribution in [-0.4, -0.2) is 48.2 Å². The highest BCUT2D eigenvalue weighted by atomic mass is 127. The number of nitrogens with zero attached hydrogens (tertiary/aromatic N) is 1. The third-order valence-electron chi connectivity index (χ3n) is 4.11. The first kappa shape index (κ1) is 25.2. The Kier molecular flexibility index (Phi) is 11.0. The van der Waals surface area contributed by atoms with Crippen LogP contribution in [0.2, 0.25) is 0 Å². The number of hydrogen-bond acceptors (Lipinski definition) is 4. The monoisotopic (exact) mass is 532 g/mol. The van der Waals surface area contributed by atoms with E-state index in [9.17, 15) is 8.42 Å². The average molecular weight is 532 g/mol. The Labute approximate surface area is 190 Å². The van der Waals surface area contributed by atoms with Gasteiger partial charge in [0.1, 0.15) is 5.75 Å². The summed E-state index contributed by atoms with van der Waals surface area (Å²) in [7, 11) is -0.151. The topological polar surface area (TPSA) is 91.8 Å². The number of benzene rings is 2. The van der Waals surface area contributed by atoms with Gasteiger partial charge in [-0.1, -0.05) is 35.9 Å². The molecule has 0 aliphatic rings. The van der Waals surface area contributed by atoms with Crippen molar-refractivity contribution in [2.45, 2.75) is 18.2 Å². The van der Waals surface area contributed by atoms with Crippen molar-refractivity contribution < 1.29 is 13.2 Å². The van der Waals surface area contributed by atoms with E-state index in [1.54, 1.807) is 44.5 Å². The summed E-state index contributed by atoms with van der Waals surface area (Å²) in [6.07, 6.45) is 0.784. The van der Waals surface area contributed by atoms with Gasteiger partial charge >= 0.3 is 0 Å². The fourth-order valence-corrected chi connectivity index (χ4v) is 3.74. The molecule has 0 radical (unpaired) electrons. The van der Waals surface area contributed by atoms with Crippen LogP contribution in [0.1, 0.15) is 11.1 Å². The second-order valence-electron chi connectivity index (χ2n) is 6.20. The average Bonchev–Trinajstić information content (AvgIpc) is 2.70. The standard InChI is InChI=1S/C20H28N4O3S.HI/c1-16-9-10-19(27-3)17(15-16)11-12-22-20(21-2)23-13-14-24-28(25,26)18-7-5-4-6-8-18;/h4-10,15,24H,11-14H2,1-3H3,(H2,21,22,23);1H. The maximum atomic E-state index is 12.2. The molecule has 29 heavy (non-hydrogen) atoms. The molecule has 2 rings (SSSR count). The van der Waals surface area contributed by atoms with Gasteiger partial charge in [-0.05, 0) is 37.1 Å². The molecule has 0 fully saturated rings. The van der Waals surface area contributed by atoms with Gasteiger partial charge in [0.2, 0.25) is 10.0 Å². The summed E-state index contributed by atoms with van der Waals surface area (Å²) in [5.41, 5.74) is 2.31. The molecule has 0 atom stereocenters. The molecule has 2 aromatic carbocycles. The van der Waals surface area contributed by atoms with Gasteiger partial charge in [-0.3, -0.25) is 4.99 Å². The Morgan fingerprint density at radius 3 is 2.38 bits per heavy atom. The number of methoxy groups -OCH3 is 1. The lowest BCUT2D eigenvalue weighted by molar-refractivity contribution is 0.409. The molecular weight excluding hydrogens is 503 g/mol. The zero-order valence-electron chi connectivity index (χ0n) is 16.9. The van der Waals surface area contributed by atoms with Gasteiger partial charge in [0.05, 0.1) is 12.0 Å². The van der Waals surface area contributed by atoms with E-state index < -0.39 is 10.0 Å². The van der Waals surface area contributed by atoms with E-state index in [1.807, 2.05) is 19.1 Å². The highest BCUT2D eigenvalue weighted by Crippen LogP contribution is 2.19. The minimum absolute atomic E-state index is 0. The molecule has 0 aliphatic carbocycles. The second-order valence-corrected chi connectivity index (χ2v) is 7.97. The van der Waals surface area contributed by atoms with Crippen LogP contribution in [0.15, 0.2) is 58.4 Å². The molecule has 0 unspecified atom stereocenters. The summed E-state index contributed by atoms with van der Waals surface area (Å²) in [4.78, 5) is 4.41. The first-order valence-electron chi connectivity index (χ1n) is 9.09. The lowest BCUT2D eigenvalue weighted by Gasteiger charge is -2.14. The van der Waals surface area contributed by atoms with Crippen LogP contribution < -0.4 is 20.1 Å².